The third-order valence-electron chi connectivity index (χ3n) is 3.73. The molecule has 2 bridgehead atoms. The van der Waals surface area contributed by atoms with Crippen LogP contribution in [0.15, 0.2) is 35.5 Å². The Bertz CT molecular complexity index is 388. The zero-order valence-electron chi connectivity index (χ0n) is 9.21. The molecule has 0 radical (unpaired) electrons. The van der Waals surface area contributed by atoms with Crippen molar-refractivity contribution in [2.45, 2.75) is 13.0 Å². The summed E-state index contributed by atoms with van der Waals surface area (Å²) in [6.07, 6.45) is 1.21. The zero-order valence-corrected chi connectivity index (χ0v) is 9.21. The summed E-state index contributed by atoms with van der Waals surface area (Å²) in [6, 6.07) is 10.6. The van der Waals surface area contributed by atoms with Gasteiger partial charge in [0.25, 0.3) is 0 Å². The lowest BCUT2D eigenvalue weighted by atomic mass is 9.69. The van der Waals surface area contributed by atoms with Crippen molar-refractivity contribution in [1.82, 2.24) is 4.90 Å². The average molecular weight is 216 g/mol. The van der Waals surface area contributed by atoms with Gasteiger partial charge in [-0.3, -0.25) is 4.90 Å². The topological polar surface area (TPSA) is 35.8 Å². The fourth-order valence-corrected chi connectivity index (χ4v) is 2.93. The van der Waals surface area contributed by atoms with E-state index in [1.54, 1.807) is 0 Å². The second-order valence-electron chi connectivity index (χ2n) is 4.83. The molecule has 1 N–H and O–H groups in total. The van der Waals surface area contributed by atoms with Gasteiger partial charge in [-0.25, -0.2) is 0 Å². The molecule has 84 valence electrons. The lowest BCUT2D eigenvalue weighted by Crippen LogP contribution is -2.55. The third-order valence-corrected chi connectivity index (χ3v) is 3.73. The van der Waals surface area contributed by atoms with Crippen molar-refractivity contribution in [3.63, 3.8) is 0 Å². The number of piperidine rings is 2. The van der Waals surface area contributed by atoms with Crippen LogP contribution in [0.3, 0.4) is 0 Å². The molecule has 3 fully saturated rings. The zero-order chi connectivity index (χ0) is 11.0. The van der Waals surface area contributed by atoms with Gasteiger partial charge in [-0.15, -0.1) is 0 Å². The predicted octanol–water partition coefficient (Wildman–Crippen LogP) is 1.97. The molecule has 2 aliphatic heterocycles. The molecule has 1 aromatic rings. The van der Waals surface area contributed by atoms with Gasteiger partial charge in [-0.2, -0.15) is 0 Å². The molecule has 3 nitrogen and oxygen atoms in total. The summed E-state index contributed by atoms with van der Waals surface area (Å²) in [4.78, 5) is 2.46. The standard InChI is InChI=1S/C13H16N2O/c16-14-13-11-6-12(13)9-15(8-11)7-10-4-2-1-3-5-10/h1-5,11-12,16H,6-9H2. The Morgan fingerprint density at radius 2 is 1.88 bits per heavy atom. The second kappa shape index (κ2) is 3.91. The Balaban J connectivity index is 1.64. The molecule has 0 spiro atoms. The molecular weight excluding hydrogens is 200 g/mol. The normalized spacial score (nSPS) is 28.6. The summed E-state index contributed by atoms with van der Waals surface area (Å²) in [5.74, 6) is 1.01. The summed E-state index contributed by atoms with van der Waals surface area (Å²) in [6.45, 7) is 3.11. The lowest BCUT2D eigenvalue weighted by Gasteiger charge is -2.47. The molecule has 1 saturated carbocycles. The van der Waals surface area contributed by atoms with Crippen LogP contribution in [-0.2, 0) is 6.54 Å². The summed E-state index contributed by atoms with van der Waals surface area (Å²) < 4.78 is 0. The van der Waals surface area contributed by atoms with E-state index >= 15 is 0 Å². The maximum atomic E-state index is 8.84. The molecule has 1 aliphatic carbocycles. The van der Waals surface area contributed by atoms with Crippen LogP contribution in [0.4, 0.5) is 0 Å². The van der Waals surface area contributed by atoms with Crippen LogP contribution >= 0.6 is 0 Å². The maximum absolute atomic E-state index is 8.84. The van der Waals surface area contributed by atoms with Crippen LogP contribution in [0.25, 0.3) is 0 Å². The number of hydrogen-bond donors (Lipinski definition) is 1. The number of rotatable bonds is 2. The SMILES string of the molecule is ON=C1C2CC1CN(Cc1ccccc1)C2. The van der Waals surface area contributed by atoms with Gasteiger partial charge in [0, 0.05) is 31.5 Å². The number of oxime groups is 1. The van der Waals surface area contributed by atoms with E-state index in [4.69, 9.17) is 5.21 Å². The van der Waals surface area contributed by atoms with Crippen LogP contribution in [0.2, 0.25) is 0 Å². The molecule has 3 heteroatoms. The Hall–Kier alpha value is -1.35. The van der Waals surface area contributed by atoms with Crippen molar-refractivity contribution in [2.24, 2.45) is 17.0 Å². The van der Waals surface area contributed by atoms with E-state index in [0.717, 1.165) is 25.3 Å². The molecule has 2 atom stereocenters. The molecule has 0 amide bonds. The first-order chi connectivity index (χ1) is 7.86. The molecule has 2 saturated heterocycles. The minimum absolute atomic E-state index is 0.507. The van der Waals surface area contributed by atoms with Gasteiger partial charge in [0.1, 0.15) is 0 Å². The van der Waals surface area contributed by atoms with Gasteiger partial charge < -0.3 is 5.21 Å². The van der Waals surface area contributed by atoms with Gasteiger partial charge in [-0.1, -0.05) is 35.5 Å². The van der Waals surface area contributed by atoms with Gasteiger partial charge in [0.05, 0.1) is 5.71 Å². The van der Waals surface area contributed by atoms with Crippen LogP contribution in [0, 0.1) is 11.8 Å². The highest BCUT2D eigenvalue weighted by Gasteiger charge is 2.43. The van der Waals surface area contributed by atoms with Crippen molar-refractivity contribution in [3.8, 4) is 0 Å². The number of fused-ring (bicyclic) bond motifs is 2. The molecule has 3 aliphatic rings. The Labute approximate surface area is 95.4 Å². The van der Waals surface area contributed by atoms with E-state index in [2.05, 4.69) is 34.3 Å². The summed E-state index contributed by atoms with van der Waals surface area (Å²) >= 11 is 0. The van der Waals surface area contributed by atoms with Crippen LogP contribution < -0.4 is 0 Å². The quantitative estimate of drug-likeness (QED) is 0.606. The second-order valence-corrected chi connectivity index (χ2v) is 4.83. The van der Waals surface area contributed by atoms with E-state index in [1.165, 1.54) is 12.0 Å². The fraction of sp³-hybridized carbons (Fsp3) is 0.462. The van der Waals surface area contributed by atoms with Crippen LogP contribution in [0.1, 0.15) is 12.0 Å². The van der Waals surface area contributed by atoms with Gasteiger partial charge in [-0.05, 0) is 12.0 Å². The highest BCUT2D eigenvalue weighted by Crippen LogP contribution is 2.37. The smallest absolute Gasteiger partial charge is 0.0658 e. The Morgan fingerprint density at radius 3 is 2.50 bits per heavy atom. The number of benzene rings is 1. The highest BCUT2D eigenvalue weighted by molar-refractivity contribution is 5.94. The van der Waals surface area contributed by atoms with Crippen molar-refractivity contribution in [3.05, 3.63) is 35.9 Å². The summed E-state index contributed by atoms with van der Waals surface area (Å²) in [7, 11) is 0. The minimum Gasteiger partial charge on any atom is -0.411 e. The molecule has 16 heavy (non-hydrogen) atoms. The van der Waals surface area contributed by atoms with Crippen molar-refractivity contribution >= 4 is 5.71 Å². The Morgan fingerprint density at radius 1 is 1.19 bits per heavy atom. The Kier molecular flexibility index (Phi) is 2.40. The fourth-order valence-electron chi connectivity index (χ4n) is 2.93. The first-order valence-electron chi connectivity index (χ1n) is 5.85. The highest BCUT2D eigenvalue weighted by atomic mass is 16.4. The van der Waals surface area contributed by atoms with Crippen LogP contribution in [0.5, 0.6) is 0 Å². The molecule has 0 aromatic heterocycles. The first kappa shape index (κ1) is 9.85. The van der Waals surface area contributed by atoms with Crippen molar-refractivity contribution in [1.29, 1.82) is 0 Å². The lowest BCUT2D eigenvalue weighted by molar-refractivity contribution is 0.124. The molecule has 2 unspecified atom stereocenters. The largest absolute Gasteiger partial charge is 0.411 e. The monoisotopic (exact) mass is 216 g/mol. The van der Waals surface area contributed by atoms with E-state index in [9.17, 15) is 0 Å². The third kappa shape index (κ3) is 1.61. The number of nitrogens with zero attached hydrogens (tertiary/aromatic N) is 2. The number of hydrogen-bond acceptors (Lipinski definition) is 3. The molecule has 4 rings (SSSR count). The van der Waals surface area contributed by atoms with E-state index in [-0.39, 0.29) is 0 Å². The molecule has 2 heterocycles. The van der Waals surface area contributed by atoms with E-state index < -0.39 is 0 Å². The molecular formula is C13H16N2O. The van der Waals surface area contributed by atoms with Crippen molar-refractivity contribution in [2.75, 3.05) is 13.1 Å². The van der Waals surface area contributed by atoms with E-state index in [0.29, 0.717) is 11.8 Å². The van der Waals surface area contributed by atoms with Gasteiger partial charge >= 0.3 is 0 Å². The van der Waals surface area contributed by atoms with Gasteiger partial charge in [0.15, 0.2) is 0 Å². The van der Waals surface area contributed by atoms with E-state index in [1.807, 2.05) is 6.07 Å². The summed E-state index contributed by atoms with van der Waals surface area (Å²) in [5, 5.41) is 12.2. The summed E-state index contributed by atoms with van der Waals surface area (Å²) in [5.41, 5.74) is 2.40. The van der Waals surface area contributed by atoms with Gasteiger partial charge in [0.2, 0.25) is 0 Å². The predicted molar refractivity (Wildman–Crippen MR) is 62.5 cm³/mol. The van der Waals surface area contributed by atoms with Crippen LogP contribution in [-0.4, -0.2) is 28.9 Å². The maximum Gasteiger partial charge on any atom is 0.0658 e. The van der Waals surface area contributed by atoms with Crippen molar-refractivity contribution < 1.29 is 5.21 Å². The first-order valence-corrected chi connectivity index (χ1v) is 5.85. The minimum atomic E-state index is 0.507. The molecule has 1 aromatic carbocycles. The average Bonchev–Trinajstić information content (AvgIpc) is 2.31.